The van der Waals surface area contributed by atoms with Gasteiger partial charge in [0.25, 0.3) is 0 Å². The highest BCUT2D eigenvalue weighted by atomic mass is 79.9. The van der Waals surface area contributed by atoms with Gasteiger partial charge in [0.1, 0.15) is 6.04 Å². The monoisotopic (exact) mass is 382 g/mol. The molecule has 0 radical (unpaired) electrons. The molecule has 2 unspecified atom stereocenters. The summed E-state index contributed by atoms with van der Waals surface area (Å²) in [5.41, 5.74) is 6.83. The average Bonchev–Trinajstić information content (AvgIpc) is 2.95. The van der Waals surface area contributed by atoms with Gasteiger partial charge < -0.3 is 10.6 Å². The van der Waals surface area contributed by atoms with Gasteiger partial charge in [-0.25, -0.2) is 5.43 Å². The minimum Gasteiger partial charge on any atom is -0.346 e. The SMILES string of the molecule is CC(C)CC1CC(C(=O)NCC(=O)Nc2ccc(Br)cc2)NN1. The zero-order valence-electron chi connectivity index (χ0n) is 13.4. The fourth-order valence-corrected chi connectivity index (χ4v) is 2.81. The van der Waals surface area contributed by atoms with E-state index in [2.05, 4.69) is 51.3 Å². The maximum atomic E-state index is 12.1. The molecule has 1 aliphatic heterocycles. The first-order chi connectivity index (χ1) is 10.9. The summed E-state index contributed by atoms with van der Waals surface area (Å²) in [5, 5.41) is 5.41. The van der Waals surface area contributed by atoms with Crippen molar-refractivity contribution < 1.29 is 9.59 Å². The molecular formula is C16H23BrN4O2. The van der Waals surface area contributed by atoms with Gasteiger partial charge in [-0.05, 0) is 43.0 Å². The van der Waals surface area contributed by atoms with Crippen LogP contribution in [-0.4, -0.2) is 30.4 Å². The van der Waals surface area contributed by atoms with E-state index in [1.165, 1.54) is 0 Å². The third-order valence-corrected chi connectivity index (χ3v) is 4.13. The molecule has 1 heterocycles. The molecule has 1 aromatic carbocycles. The van der Waals surface area contributed by atoms with Gasteiger partial charge in [-0.1, -0.05) is 29.8 Å². The number of hydrogen-bond donors (Lipinski definition) is 4. The number of anilines is 1. The lowest BCUT2D eigenvalue weighted by molar-refractivity contribution is -0.125. The van der Waals surface area contributed by atoms with Crippen LogP contribution in [0.2, 0.25) is 0 Å². The largest absolute Gasteiger partial charge is 0.346 e. The van der Waals surface area contributed by atoms with Gasteiger partial charge in [0.2, 0.25) is 11.8 Å². The third-order valence-electron chi connectivity index (χ3n) is 3.61. The van der Waals surface area contributed by atoms with Crippen LogP contribution in [0.4, 0.5) is 5.69 Å². The zero-order valence-corrected chi connectivity index (χ0v) is 14.9. The number of hydrazine groups is 1. The summed E-state index contributed by atoms with van der Waals surface area (Å²) in [6.45, 7) is 4.27. The second-order valence-electron chi connectivity index (χ2n) is 6.18. The van der Waals surface area contributed by atoms with E-state index >= 15 is 0 Å². The summed E-state index contributed by atoms with van der Waals surface area (Å²) in [6.07, 6.45) is 1.75. The van der Waals surface area contributed by atoms with Gasteiger partial charge >= 0.3 is 0 Å². The lowest BCUT2D eigenvalue weighted by Crippen LogP contribution is -2.45. The number of nitrogens with one attached hydrogen (secondary N) is 4. The molecule has 1 fully saturated rings. The topological polar surface area (TPSA) is 82.3 Å². The summed E-state index contributed by atoms with van der Waals surface area (Å²) >= 11 is 3.34. The molecule has 1 saturated heterocycles. The van der Waals surface area contributed by atoms with Gasteiger partial charge in [-0.2, -0.15) is 0 Å². The lowest BCUT2D eigenvalue weighted by Gasteiger charge is -2.12. The molecule has 23 heavy (non-hydrogen) atoms. The van der Waals surface area contributed by atoms with Crippen molar-refractivity contribution >= 4 is 33.4 Å². The highest BCUT2D eigenvalue weighted by Gasteiger charge is 2.29. The Morgan fingerprint density at radius 3 is 2.61 bits per heavy atom. The van der Waals surface area contributed by atoms with E-state index in [-0.39, 0.29) is 24.4 Å². The van der Waals surface area contributed by atoms with Crippen molar-refractivity contribution in [2.24, 2.45) is 5.92 Å². The zero-order chi connectivity index (χ0) is 16.8. The number of amides is 2. The Bertz CT molecular complexity index is 548. The molecule has 4 N–H and O–H groups in total. The van der Waals surface area contributed by atoms with Crippen molar-refractivity contribution in [3.05, 3.63) is 28.7 Å². The van der Waals surface area contributed by atoms with E-state index in [0.29, 0.717) is 17.6 Å². The Morgan fingerprint density at radius 2 is 1.96 bits per heavy atom. The molecule has 1 aliphatic rings. The van der Waals surface area contributed by atoms with Gasteiger partial charge in [0.15, 0.2) is 0 Å². The van der Waals surface area contributed by atoms with Crippen molar-refractivity contribution in [3.63, 3.8) is 0 Å². The third kappa shape index (κ3) is 5.93. The van der Waals surface area contributed by atoms with E-state index in [4.69, 9.17) is 0 Å². The molecule has 6 nitrogen and oxygen atoms in total. The van der Waals surface area contributed by atoms with Crippen molar-refractivity contribution in [2.45, 2.75) is 38.8 Å². The molecule has 0 aromatic heterocycles. The second kappa shape index (κ2) is 8.42. The Hall–Kier alpha value is -1.44. The molecule has 0 saturated carbocycles. The summed E-state index contributed by atoms with van der Waals surface area (Å²) in [7, 11) is 0. The van der Waals surface area contributed by atoms with Crippen molar-refractivity contribution in [3.8, 4) is 0 Å². The summed E-state index contributed by atoms with van der Waals surface area (Å²) < 4.78 is 0.944. The Kier molecular flexibility index (Phi) is 6.56. The molecule has 2 atom stereocenters. The van der Waals surface area contributed by atoms with Crippen molar-refractivity contribution in [2.75, 3.05) is 11.9 Å². The van der Waals surface area contributed by atoms with Crippen LogP contribution in [0.25, 0.3) is 0 Å². The van der Waals surface area contributed by atoms with E-state index in [1.54, 1.807) is 12.1 Å². The number of hydrogen-bond acceptors (Lipinski definition) is 4. The Labute approximate surface area is 144 Å². The number of rotatable bonds is 6. The predicted octanol–water partition coefficient (Wildman–Crippen LogP) is 1.78. The molecule has 126 valence electrons. The van der Waals surface area contributed by atoms with Crippen LogP contribution >= 0.6 is 15.9 Å². The van der Waals surface area contributed by atoms with Crippen LogP contribution in [0.15, 0.2) is 28.7 Å². The van der Waals surface area contributed by atoms with Crippen molar-refractivity contribution in [1.82, 2.24) is 16.2 Å². The van der Waals surface area contributed by atoms with Crippen LogP contribution in [0.3, 0.4) is 0 Å². The average molecular weight is 383 g/mol. The number of carbonyl (C=O) groups excluding carboxylic acids is 2. The molecule has 0 aliphatic carbocycles. The fourth-order valence-electron chi connectivity index (χ4n) is 2.55. The van der Waals surface area contributed by atoms with Gasteiger partial charge in [0, 0.05) is 16.2 Å². The molecule has 2 rings (SSSR count). The Balaban J connectivity index is 1.72. The van der Waals surface area contributed by atoms with Gasteiger partial charge in [-0.3, -0.25) is 15.0 Å². The van der Waals surface area contributed by atoms with E-state index in [0.717, 1.165) is 17.3 Å². The number of benzene rings is 1. The minimum absolute atomic E-state index is 0.0398. The minimum atomic E-state index is -0.292. The Morgan fingerprint density at radius 1 is 1.26 bits per heavy atom. The maximum absolute atomic E-state index is 12.1. The standard InChI is InChI=1S/C16H23BrN4O2/c1-10(2)7-13-8-14(21-20-13)16(23)18-9-15(22)19-12-5-3-11(17)4-6-12/h3-6,10,13-14,20-21H,7-9H2,1-2H3,(H,18,23)(H,19,22). The molecule has 0 bridgehead atoms. The molecule has 2 amide bonds. The summed E-state index contributed by atoms with van der Waals surface area (Å²) in [5.74, 6) is 0.174. The first-order valence-electron chi connectivity index (χ1n) is 7.78. The van der Waals surface area contributed by atoms with E-state index in [1.807, 2.05) is 12.1 Å². The maximum Gasteiger partial charge on any atom is 0.243 e. The second-order valence-corrected chi connectivity index (χ2v) is 7.09. The highest BCUT2D eigenvalue weighted by molar-refractivity contribution is 9.10. The summed E-state index contributed by atoms with van der Waals surface area (Å²) in [4.78, 5) is 23.9. The van der Waals surface area contributed by atoms with Gasteiger partial charge in [0.05, 0.1) is 6.54 Å². The van der Waals surface area contributed by atoms with E-state index in [9.17, 15) is 9.59 Å². The van der Waals surface area contributed by atoms with Crippen LogP contribution < -0.4 is 21.5 Å². The van der Waals surface area contributed by atoms with E-state index < -0.39 is 0 Å². The fraction of sp³-hybridized carbons (Fsp3) is 0.500. The van der Waals surface area contributed by atoms with Crippen LogP contribution in [0.1, 0.15) is 26.7 Å². The van der Waals surface area contributed by atoms with Crippen molar-refractivity contribution in [1.29, 1.82) is 0 Å². The quantitative estimate of drug-likeness (QED) is 0.604. The van der Waals surface area contributed by atoms with Crippen LogP contribution in [-0.2, 0) is 9.59 Å². The first-order valence-corrected chi connectivity index (χ1v) is 8.57. The normalized spacial score (nSPS) is 20.5. The molecular weight excluding hydrogens is 360 g/mol. The number of carbonyl (C=O) groups is 2. The molecule has 0 spiro atoms. The first kappa shape index (κ1) is 17.9. The summed E-state index contributed by atoms with van der Waals surface area (Å²) in [6, 6.07) is 7.28. The number of halogens is 1. The lowest BCUT2D eigenvalue weighted by atomic mass is 10.00. The van der Waals surface area contributed by atoms with Crippen LogP contribution in [0, 0.1) is 5.92 Å². The van der Waals surface area contributed by atoms with Crippen LogP contribution in [0.5, 0.6) is 0 Å². The van der Waals surface area contributed by atoms with Gasteiger partial charge in [-0.15, -0.1) is 0 Å². The predicted molar refractivity (Wildman–Crippen MR) is 93.7 cm³/mol. The molecule has 1 aromatic rings. The highest BCUT2D eigenvalue weighted by Crippen LogP contribution is 2.14. The smallest absolute Gasteiger partial charge is 0.243 e. The molecule has 7 heteroatoms.